The fourth-order valence-corrected chi connectivity index (χ4v) is 4.96. The van der Waals surface area contributed by atoms with Crippen molar-refractivity contribution in [3.8, 4) is 0 Å². The summed E-state index contributed by atoms with van der Waals surface area (Å²) in [6.07, 6.45) is 8.80. The van der Waals surface area contributed by atoms with Crippen molar-refractivity contribution in [2.24, 2.45) is 5.73 Å². The Labute approximate surface area is 206 Å². The van der Waals surface area contributed by atoms with Crippen LogP contribution in [0.4, 0.5) is 17.3 Å². The molecule has 9 heteroatoms. The summed E-state index contributed by atoms with van der Waals surface area (Å²) in [7, 11) is 2.16. The zero-order valence-electron chi connectivity index (χ0n) is 20.3. The predicted octanol–water partition coefficient (Wildman–Crippen LogP) is 3.15. The zero-order valence-corrected chi connectivity index (χ0v) is 20.3. The van der Waals surface area contributed by atoms with Crippen LogP contribution in [0.2, 0.25) is 0 Å². The number of hydrogen-bond acceptors (Lipinski definition) is 7. The van der Waals surface area contributed by atoms with Gasteiger partial charge in [-0.1, -0.05) is 18.7 Å². The number of carbonyl (C=O) groups excluding carboxylic acids is 2. The van der Waals surface area contributed by atoms with Gasteiger partial charge < -0.3 is 26.6 Å². The smallest absolute Gasteiger partial charge is 0.271 e. The predicted molar refractivity (Wildman–Crippen MR) is 138 cm³/mol. The van der Waals surface area contributed by atoms with E-state index in [-0.39, 0.29) is 23.7 Å². The zero-order chi connectivity index (χ0) is 24.8. The molecule has 2 atom stereocenters. The van der Waals surface area contributed by atoms with E-state index in [0.717, 1.165) is 57.3 Å². The Hall–Kier alpha value is -3.46. The van der Waals surface area contributed by atoms with Gasteiger partial charge in [-0.15, -0.1) is 0 Å². The van der Waals surface area contributed by atoms with E-state index < -0.39 is 5.91 Å². The maximum Gasteiger partial charge on any atom is 0.271 e. The summed E-state index contributed by atoms with van der Waals surface area (Å²) in [5, 5.41) is 9.60. The van der Waals surface area contributed by atoms with E-state index in [1.54, 1.807) is 0 Å². The average molecular weight is 478 g/mol. The molecule has 1 aliphatic carbocycles. The van der Waals surface area contributed by atoms with Gasteiger partial charge in [-0.25, -0.2) is 9.97 Å². The Morgan fingerprint density at radius 2 is 1.83 bits per heavy atom. The second-order valence-electron chi connectivity index (χ2n) is 9.56. The van der Waals surface area contributed by atoms with Crippen LogP contribution in [0.15, 0.2) is 43.1 Å². The second-order valence-corrected chi connectivity index (χ2v) is 9.56. The minimum Gasteiger partial charge on any atom is -0.366 e. The number of likely N-dealkylation sites (tertiary alicyclic amines) is 1. The molecule has 1 aromatic heterocycles. The first-order chi connectivity index (χ1) is 16.9. The monoisotopic (exact) mass is 477 g/mol. The van der Waals surface area contributed by atoms with Crippen LogP contribution < -0.4 is 21.7 Å². The molecule has 2 heterocycles. The van der Waals surface area contributed by atoms with Gasteiger partial charge in [0.2, 0.25) is 5.91 Å². The summed E-state index contributed by atoms with van der Waals surface area (Å²) in [6, 6.07) is 8.51. The van der Waals surface area contributed by atoms with E-state index in [0.29, 0.717) is 17.6 Å². The number of hydrogen-bond donors (Lipinski definition) is 4. The largest absolute Gasteiger partial charge is 0.366 e. The van der Waals surface area contributed by atoms with E-state index in [2.05, 4.69) is 56.6 Å². The molecule has 2 aliphatic rings. The third kappa shape index (κ3) is 6.57. The fraction of sp³-hybridized carbons (Fsp3) is 0.462. The Bertz CT molecular complexity index is 1050. The van der Waals surface area contributed by atoms with E-state index in [9.17, 15) is 9.59 Å². The Kier molecular flexibility index (Phi) is 7.97. The molecule has 2 fully saturated rings. The third-order valence-electron chi connectivity index (χ3n) is 6.93. The SMILES string of the molecule is C=CC(=O)NC1CCC[C@@H](Nc2cnc(C(N)=O)c(Nc3ccc(C4CCN(C)CC4)cc3)n2)C1. The number of amides is 2. The molecule has 9 nitrogen and oxygen atoms in total. The molecule has 1 aliphatic heterocycles. The van der Waals surface area contributed by atoms with Gasteiger partial charge in [0.1, 0.15) is 5.82 Å². The summed E-state index contributed by atoms with van der Waals surface area (Å²) in [6.45, 7) is 5.75. The van der Waals surface area contributed by atoms with Gasteiger partial charge in [0.15, 0.2) is 11.5 Å². The van der Waals surface area contributed by atoms with Crippen molar-refractivity contribution >= 4 is 29.1 Å². The highest BCUT2D eigenvalue weighted by molar-refractivity contribution is 5.96. The number of aromatic nitrogens is 2. The summed E-state index contributed by atoms with van der Waals surface area (Å²) < 4.78 is 0. The first-order valence-corrected chi connectivity index (χ1v) is 12.3. The van der Waals surface area contributed by atoms with E-state index in [1.807, 2.05) is 12.1 Å². The molecule has 1 saturated carbocycles. The summed E-state index contributed by atoms with van der Waals surface area (Å²) >= 11 is 0. The van der Waals surface area contributed by atoms with Crippen LogP contribution in [0.25, 0.3) is 0 Å². The molecule has 5 N–H and O–H groups in total. The molecular formula is C26H35N7O2. The fourth-order valence-electron chi connectivity index (χ4n) is 4.96. The number of piperidine rings is 1. The van der Waals surface area contributed by atoms with Gasteiger partial charge in [0.25, 0.3) is 5.91 Å². The Morgan fingerprint density at radius 1 is 1.11 bits per heavy atom. The topological polar surface area (TPSA) is 125 Å². The minimum absolute atomic E-state index is 0.0882. The number of nitrogens with zero attached hydrogens (tertiary/aromatic N) is 3. The van der Waals surface area contributed by atoms with Crippen LogP contribution >= 0.6 is 0 Å². The maximum absolute atomic E-state index is 12.0. The van der Waals surface area contributed by atoms with Crippen LogP contribution in [-0.2, 0) is 4.79 Å². The summed E-state index contributed by atoms with van der Waals surface area (Å²) in [4.78, 5) is 34.9. The van der Waals surface area contributed by atoms with Crippen molar-refractivity contribution in [1.82, 2.24) is 20.2 Å². The van der Waals surface area contributed by atoms with Gasteiger partial charge in [0.05, 0.1) is 6.20 Å². The van der Waals surface area contributed by atoms with Crippen molar-refractivity contribution < 1.29 is 9.59 Å². The third-order valence-corrected chi connectivity index (χ3v) is 6.93. The lowest BCUT2D eigenvalue weighted by molar-refractivity contribution is -0.117. The molecule has 0 bridgehead atoms. The number of nitrogens with two attached hydrogens (primary N) is 1. The van der Waals surface area contributed by atoms with Gasteiger partial charge >= 0.3 is 0 Å². The van der Waals surface area contributed by atoms with E-state index >= 15 is 0 Å². The van der Waals surface area contributed by atoms with Crippen molar-refractivity contribution in [1.29, 1.82) is 0 Å². The van der Waals surface area contributed by atoms with Crippen LogP contribution in [0, 0.1) is 0 Å². The molecule has 35 heavy (non-hydrogen) atoms. The van der Waals surface area contributed by atoms with E-state index in [4.69, 9.17) is 5.73 Å². The quantitative estimate of drug-likeness (QED) is 0.430. The van der Waals surface area contributed by atoms with Crippen molar-refractivity contribution in [2.45, 2.75) is 56.5 Å². The van der Waals surface area contributed by atoms with Gasteiger partial charge in [0, 0.05) is 17.8 Å². The second kappa shape index (κ2) is 11.3. The van der Waals surface area contributed by atoms with E-state index in [1.165, 1.54) is 17.8 Å². The lowest BCUT2D eigenvalue weighted by atomic mass is 9.89. The summed E-state index contributed by atoms with van der Waals surface area (Å²) in [5.41, 5.74) is 7.80. The number of nitrogens with one attached hydrogen (secondary N) is 3. The van der Waals surface area contributed by atoms with Gasteiger partial charge in [-0.3, -0.25) is 9.59 Å². The first-order valence-electron chi connectivity index (χ1n) is 12.3. The van der Waals surface area contributed by atoms with Crippen molar-refractivity contribution in [3.63, 3.8) is 0 Å². The van der Waals surface area contributed by atoms with Crippen molar-refractivity contribution in [2.75, 3.05) is 30.8 Å². The van der Waals surface area contributed by atoms with Crippen LogP contribution in [-0.4, -0.2) is 58.9 Å². The molecule has 1 unspecified atom stereocenters. The average Bonchev–Trinajstić information content (AvgIpc) is 2.85. The molecule has 0 radical (unpaired) electrons. The van der Waals surface area contributed by atoms with Gasteiger partial charge in [-0.2, -0.15) is 0 Å². The Morgan fingerprint density at radius 3 is 2.51 bits per heavy atom. The number of primary amides is 1. The van der Waals surface area contributed by atoms with Crippen molar-refractivity contribution in [3.05, 3.63) is 54.4 Å². The van der Waals surface area contributed by atoms with Crippen LogP contribution in [0.3, 0.4) is 0 Å². The van der Waals surface area contributed by atoms with Crippen LogP contribution in [0.5, 0.6) is 0 Å². The van der Waals surface area contributed by atoms with Crippen LogP contribution in [0.1, 0.15) is 60.5 Å². The molecular weight excluding hydrogens is 442 g/mol. The molecule has 4 rings (SSSR count). The minimum atomic E-state index is -0.639. The molecule has 2 aromatic rings. The first kappa shape index (κ1) is 24.7. The molecule has 2 amide bonds. The highest BCUT2D eigenvalue weighted by Gasteiger charge is 2.24. The van der Waals surface area contributed by atoms with Gasteiger partial charge in [-0.05, 0) is 88.4 Å². The molecule has 0 spiro atoms. The lowest BCUT2D eigenvalue weighted by Gasteiger charge is -2.30. The normalized spacial score (nSPS) is 21.2. The highest BCUT2D eigenvalue weighted by atomic mass is 16.2. The lowest BCUT2D eigenvalue weighted by Crippen LogP contribution is -2.41. The Balaban J connectivity index is 1.44. The number of benzene rings is 1. The molecule has 1 saturated heterocycles. The summed E-state index contributed by atoms with van der Waals surface area (Å²) in [5.74, 6) is 0.654. The molecule has 186 valence electrons. The number of carbonyl (C=O) groups is 2. The highest BCUT2D eigenvalue weighted by Crippen LogP contribution is 2.29. The molecule has 1 aromatic carbocycles. The number of rotatable bonds is 8. The number of anilines is 3. The maximum atomic E-state index is 12.0. The standard InChI is InChI=1S/C26H35N7O2/c1-3-23(34)30-21-6-4-5-20(15-21)29-22-16-28-24(25(27)35)26(32-22)31-19-9-7-17(8-10-19)18-11-13-33(2)14-12-18/h3,7-10,16,18,20-21H,1,4-6,11-15H2,2H3,(H2,27,35)(H,30,34)(H2,29,31,32)/t20-,21?/m1/s1.